The van der Waals surface area contributed by atoms with E-state index < -0.39 is 16.0 Å². The highest BCUT2D eigenvalue weighted by Gasteiger charge is 2.20. The number of carboxylic acid groups (broad SMARTS) is 1. The van der Waals surface area contributed by atoms with E-state index in [0.29, 0.717) is 11.4 Å². The van der Waals surface area contributed by atoms with Gasteiger partial charge in [0.25, 0.3) is 10.0 Å². The van der Waals surface area contributed by atoms with Gasteiger partial charge in [0.1, 0.15) is 4.88 Å². The average Bonchev–Trinajstić information content (AvgIpc) is 2.89. The van der Waals surface area contributed by atoms with E-state index in [4.69, 9.17) is 5.11 Å². The van der Waals surface area contributed by atoms with Gasteiger partial charge < -0.3 is 10.0 Å². The van der Waals surface area contributed by atoms with E-state index in [1.807, 2.05) is 0 Å². The van der Waals surface area contributed by atoms with Crippen molar-refractivity contribution in [1.29, 1.82) is 0 Å². The average molecular weight is 327 g/mol. The van der Waals surface area contributed by atoms with Crippen LogP contribution < -0.4 is 9.62 Å². The maximum Gasteiger partial charge on any atom is 0.345 e. The molecule has 21 heavy (non-hydrogen) atoms. The molecule has 0 saturated carbocycles. The zero-order valence-electron chi connectivity index (χ0n) is 11.3. The number of nitrogens with zero attached hydrogens (tertiary/aromatic N) is 2. The number of thiophene rings is 1. The first-order valence-corrected chi connectivity index (χ1v) is 8.13. The van der Waals surface area contributed by atoms with Crippen molar-refractivity contribution < 1.29 is 18.3 Å². The number of sulfonamides is 1. The number of aromatic nitrogens is 1. The third kappa shape index (κ3) is 3.31. The molecule has 0 fully saturated rings. The van der Waals surface area contributed by atoms with E-state index in [0.717, 1.165) is 17.4 Å². The molecule has 0 atom stereocenters. The summed E-state index contributed by atoms with van der Waals surface area (Å²) in [5.74, 6) is -1.16. The van der Waals surface area contributed by atoms with E-state index in [-0.39, 0.29) is 9.77 Å². The van der Waals surface area contributed by atoms with Crippen LogP contribution in [-0.4, -0.2) is 38.6 Å². The second-order valence-electron chi connectivity index (χ2n) is 4.34. The molecule has 112 valence electrons. The van der Waals surface area contributed by atoms with E-state index in [2.05, 4.69) is 9.71 Å². The third-order valence-corrected chi connectivity index (χ3v) is 5.03. The van der Waals surface area contributed by atoms with Gasteiger partial charge in [-0.05, 0) is 12.1 Å². The Morgan fingerprint density at radius 1 is 1.43 bits per heavy atom. The number of hydrogen-bond donors (Lipinski definition) is 2. The van der Waals surface area contributed by atoms with Gasteiger partial charge in [-0.1, -0.05) is 0 Å². The number of carbonyl (C=O) groups is 1. The molecule has 2 aromatic rings. The van der Waals surface area contributed by atoms with Crippen molar-refractivity contribution in [3.05, 3.63) is 34.8 Å². The van der Waals surface area contributed by atoms with Crippen molar-refractivity contribution in [2.45, 2.75) is 4.90 Å². The molecule has 2 aromatic heterocycles. The summed E-state index contributed by atoms with van der Waals surface area (Å²) >= 11 is 0.861. The molecule has 0 amide bonds. The molecule has 0 aliphatic carbocycles. The van der Waals surface area contributed by atoms with Gasteiger partial charge in [0.15, 0.2) is 0 Å². The van der Waals surface area contributed by atoms with Gasteiger partial charge in [-0.2, -0.15) is 0 Å². The number of hydrogen-bond acceptors (Lipinski definition) is 6. The van der Waals surface area contributed by atoms with Gasteiger partial charge in [0.05, 0.1) is 22.5 Å². The number of nitrogens with one attached hydrogen (secondary N) is 1. The Labute approximate surface area is 125 Å². The lowest BCUT2D eigenvalue weighted by Crippen LogP contribution is -2.17. The smallest absolute Gasteiger partial charge is 0.345 e. The Morgan fingerprint density at radius 2 is 2.14 bits per heavy atom. The van der Waals surface area contributed by atoms with Crippen LogP contribution in [0, 0.1) is 0 Å². The lowest BCUT2D eigenvalue weighted by atomic mass is 10.3. The van der Waals surface area contributed by atoms with Crippen LogP contribution in [0.25, 0.3) is 0 Å². The van der Waals surface area contributed by atoms with Crippen molar-refractivity contribution in [3.63, 3.8) is 0 Å². The highest BCUT2D eigenvalue weighted by atomic mass is 32.2. The first-order valence-electron chi connectivity index (χ1n) is 5.77. The number of pyridine rings is 1. The van der Waals surface area contributed by atoms with Gasteiger partial charge in [-0.3, -0.25) is 9.71 Å². The number of anilines is 2. The van der Waals surface area contributed by atoms with Crippen LogP contribution in [0.4, 0.5) is 11.4 Å². The molecule has 0 saturated heterocycles. The molecule has 0 spiro atoms. The Balaban J connectivity index is 2.35. The molecular weight excluding hydrogens is 314 g/mol. The lowest BCUT2D eigenvalue weighted by Gasteiger charge is -2.17. The Bertz CT molecular complexity index is 768. The second-order valence-corrected chi connectivity index (χ2v) is 6.94. The minimum atomic E-state index is -3.85. The van der Waals surface area contributed by atoms with Gasteiger partial charge in [-0.25, -0.2) is 13.2 Å². The summed E-state index contributed by atoms with van der Waals surface area (Å²) in [6, 6.07) is 2.80. The van der Waals surface area contributed by atoms with Crippen LogP contribution in [0.15, 0.2) is 34.8 Å². The van der Waals surface area contributed by atoms with Crippen molar-refractivity contribution in [2.24, 2.45) is 0 Å². The van der Waals surface area contributed by atoms with Crippen LogP contribution in [0.1, 0.15) is 9.67 Å². The highest BCUT2D eigenvalue weighted by molar-refractivity contribution is 7.92. The van der Waals surface area contributed by atoms with E-state index >= 15 is 0 Å². The fraction of sp³-hybridized carbons (Fsp3) is 0.167. The number of carboxylic acids is 1. The SMILES string of the molecule is CN(C)c1ccncc1NS(=O)(=O)c1csc(C(=O)O)c1. The van der Waals surface area contributed by atoms with Crippen molar-refractivity contribution in [1.82, 2.24) is 4.98 Å². The molecule has 0 radical (unpaired) electrons. The Kier molecular flexibility index (Phi) is 4.14. The van der Waals surface area contributed by atoms with Gasteiger partial charge in [-0.15, -0.1) is 11.3 Å². The summed E-state index contributed by atoms with van der Waals surface area (Å²) in [5.41, 5.74) is 0.979. The minimum Gasteiger partial charge on any atom is -0.477 e. The predicted molar refractivity (Wildman–Crippen MR) is 80.7 cm³/mol. The molecule has 7 nitrogen and oxygen atoms in total. The summed E-state index contributed by atoms with van der Waals surface area (Å²) in [7, 11) is -0.296. The van der Waals surface area contributed by atoms with Crippen molar-refractivity contribution in [2.75, 3.05) is 23.7 Å². The normalized spacial score (nSPS) is 11.1. The quantitative estimate of drug-likeness (QED) is 0.867. The summed E-state index contributed by atoms with van der Waals surface area (Å²) in [5, 5.41) is 10.1. The van der Waals surface area contributed by atoms with E-state index in [1.54, 1.807) is 31.3 Å². The summed E-state index contributed by atoms with van der Waals surface area (Å²) < 4.78 is 27.0. The molecule has 0 aromatic carbocycles. The monoisotopic (exact) mass is 327 g/mol. The fourth-order valence-corrected chi connectivity index (χ4v) is 3.80. The van der Waals surface area contributed by atoms with Gasteiger partial charge >= 0.3 is 5.97 Å². The summed E-state index contributed by atoms with van der Waals surface area (Å²) in [6.45, 7) is 0. The topological polar surface area (TPSA) is 99.6 Å². The van der Waals surface area contributed by atoms with Crippen LogP contribution in [-0.2, 0) is 10.0 Å². The van der Waals surface area contributed by atoms with E-state index in [1.165, 1.54) is 11.6 Å². The highest BCUT2D eigenvalue weighted by Crippen LogP contribution is 2.27. The largest absolute Gasteiger partial charge is 0.477 e. The lowest BCUT2D eigenvalue weighted by molar-refractivity contribution is 0.0702. The molecule has 2 heterocycles. The van der Waals surface area contributed by atoms with Gasteiger partial charge in [0, 0.05) is 25.7 Å². The first-order chi connectivity index (χ1) is 9.81. The van der Waals surface area contributed by atoms with Crippen molar-refractivity contribution in [3.8, 4) is 0 Å². The summed E-state index contributed by atoms with van der Waals surface area (Å²) in [6.07, 6.45) is 2.96. The summed E-state index contributed by atoms with van der Waals surface area (Å²) in [4.78, 5) is 16.3. The Hall–Kier alpha value is -2.13. The van der Waals surface area contributed by atoms with Crippen LogP contribution in [0.5, 0.6) is 0 Å². The number of rotatable bonds is 5. The molecule has 9 heteroatoms. The van der Waals surface area contributed by atoms with Crippen LogP contribution in [0.3, 0.4) is 0 Å². The zero-order valence-corrected chi connectivity index (χ0v) is 12.9. The van der Waals surface area contributed by atoms with E-state index in [9.17, 15) is 13.2 Å². The van der Waals surface area contributed by atoms with Gasteiger partial charge in [0.2, 0.25) is 0 Å². The van der Waals surface area contributed by atoms with Crippen LogP contribution in [0.2, 0.25) is 0 Å². The molecule has 0 aliphatic heterocycles. The molecule has 2 rings (SSSR count). The standard InChI is InChI=1S/C12H13N3O4S2/c1-15(2)10-3-4-13-6-9(10)14-21(18,19)8-5-11(12(16)17)20-7-8/h3-7,14H,1-2H3,(H,16,17). The third-order valence-electron chi connectivity index (χ3n) is 2.62. The first kappa shape index (κ1) is 15.3. The molecule has 0 aliphatic rings. The second kappa shape index (κ2) is 5.70. The maximum absolute atomic E-state index is 12.3. The molecule has 2 N–H and O–H groups in total. The predicted octanol–water partition coefficient (Wildman–Crippen LogP) is 1.71. The van der Waals surface area contributed by atoms with Crippen molar-refractivity contribution >= 4 is 38.7 Å². The minimum absolute atomic E-state index is 0.0330. The molecular formula is C12H13N3O4S2. The fourth-order valence-electron chi connectivity index (χ4n) is 1.63. The Morgan fingerprint density at radius 3 is 2.71 bits per heavy atom. The molecule has 0 unspecified atom stereocenters. The zero-order chi connectivity index (χ0) is 15.6. The maximum atomic E-state index is 12.3. The molecule has 0 bridgehead atoms. The van der Waals surface area contributed by atoms with Crippen LogP contribution >= 0.6 is 11.3 Å². The number of aromatic carboxylic acids is 1.